The molecular weight excluding hydrogens is 276 g/mol. The van der Waals surface area contributed by atoms with Crippen LogP contribution in [0.25, 0.3) is 0 Å². The van der Waals surface area contributed by atoms with Gasteiger partial charge in [-0.2, -0.15) is 5.26 Å². The third-order valence-corrected chi connectivity index (χ3v) is 4.07. The van der Waals surface area contributed by atoms with Crippen LogP contribution in [0.15, 0.2) is 22.7 Å². The molecule has 0 saturated heterocycles. The lowest BCUT2D eigenvalue weighted by atomic mass is 10.1. The minimum absolute atomic E-state index is 0.535. The number of hydrogen-bond acceptors (Lipinski definition) is 2. The van der Waals surface area contributed by atoms with Gasteiger partial charge in [0, 0.05) is 10.5 Å². The Morgan fingerprint density at radius 2 is 2.29 bits per heavy atom. The van der Waals surface area contributed by atoms with E-state index in [9.17, 15) is 0 Å². The average molecular weight is 293 g/mol. The molecule has 2 nitrogen and oxygen atoms in total. The van der Waals surface area contributed by atoms with Crippen LogP contribution in [0.5, 0.6) is 0 Å². The number of benzene rings is 1. The van der Waals surface area contributed by atoms with Crippen LogP contribution < -0.4 is 5.32 Å². The predicted octanol–water partition coefficient (Wildman–Crippen LogP) is 4.31. The zero-order valence-electron chi connectivity index (χ0n) is 10.0. The third-order valence-electron chi connectivity index (χ3n) is 3.58. The smallest absolute Gasteiger partial charge is 0.101 e. The van der Waals surface area contributed by atoms with Gasteiger partial charge in [0.05, 0.1) is 11.3 Å². The molecule has 0 aromatic heterocycles. The van der Waals surface area contributed by atoms with Gasteiger partial charge in [0.1, 0.15) is 6.07 Å². The molecule has 0 spiro atoms. The van der Waals surface area contributed by atoms with Crippen LogP contribution >= 0.6 is 15.9 Å². The summed E-state index contributed by atoms with van der Waals surface area (Å²) in [5, 5.41) is 12.6. The molecule has 3 heteroatoms. The molecule has 1 aromatic carbocycles. The molecule has 17 heavy (non-hydrogen) atoms. The van der Waals surface area contributed by atoms with Crippen molar-refractivity contribution in [3.63, 3.8) is 0 Å². The molecule has 2 atom stereocenters. The Morgan fingerprint density at radius 3 is 2.94 bits per heavy atom. The SMILES string of the molecule is CCC1CCC(Nc2ccc(Br)cc2C#N)C1. The fourth-order valence-corrected chi connectivity index (χ4v) is 2.89. The van der Waals surface area contributed by atoms with Crippen LogP contribution in [-0.4, -0.2) is 6.04 Å². The van der Waals surface area contributed by atoms with Gasteiger partial charge >= 0.3 is 0 Å². The Morgan fingerprint density at radius 1 is 1.47 bits per heavy atom. The summed E-state index contributed by atoms with van der Waals surface area (Å²) in [7, 11) is 0. The Hall–Kier alpha value is -1.01. The number of anilines is 1. The van der Waals surface area contributed by atoms with E-state index in [1.54, 1.807) is 0 Å². The van der Waals surface area contributed by atoms with Crippen molar-refractivity contribution in [3.8, 4) is 6.07 Å². The van der Waals surface area contributed by atoms with Crippen molar-refractivity contribution in [1.82, 2.24) is 0 Å². The maximum atomic E-state index is 9.10. The van der Waals surface area contributed by atoms with Gasteiger partial charge in [-0.25, -0.2) is 0 Å². The van der Waals surface area contributed by atoms with Gasteiger partial charge in [0.25, 0.3) is 0 Å². The zero-order chi connectivity index (χ0) is 12.3. The van der Waals surface area contributed by atoms with Gasteiger partial charge in [-0.05, 0) is 43.4 Å². The molecule has 0 heterocycles. The monoisotopic (exact) mass is 292 g/mol. The first-order valence-corrected chi connectivity index (χ1v) is 6.98. The van der Waals surface area contributed by atoms with Gasteiger partial charge < -0.3 is 5.32 Å². The third kappa shape index (κ3) is 3.01. The lowest BCUT2D eigenvalue weighted by Crippen LogP contribution is -2.16. The summed E-state index contributed by atoms with van der Waals surface area (Å²) in [6.07, 6.45) is 5.03. The molecule has 1 aliphatic rings. The number of nitriles is 1. The normalized spacial score (nSPS) is 23.4. The number of hydrogen-bond donors (Lipinski definition) is 1. The van der Waals surface area contributed by atoms with Crippen molar-refractivity contribution < 1.29 is 0 Å². The quantitative estimate of drug-likeness (QED) is 0.901. The van der Waals surface area contributed by atoms with Gasteiger partial charge in [-0.3, -0.25) is 0 Å². The molecule has 0 aliphatic heterocycles. The summed E-state index contributed by atoms with van der Waals surface area (Å²) in [5.41, 5.74) is 1.69. The highest BCUT2D eigenvalue weighted by molar-refractivity contribution is 9.10. The van der Waals surface area contributed by atoms with E-state index in [0.717, 1.165) is 21.6 Å². The fraction of sp³-hybridized carbons (Fsp3) is 0.500. The largest absolute Gasteiger partial charge is 0.381 e. The average Bonchev–Trinajstić information content (AvgIpc) is 2.79. The number of halogens is 1. The zero-order valence-corrected chi connectivity index (χ0v) is 11.6. The maximum absolute atomic E-state index is 9.10. The highest BCUT2D eigenvalue weighted by Crippen LogP contribution is 2.31. The number of rotatable bonds is 3. The molecule has 2 rings (SSSR count). The van der Waals surface area contributed by atoms with Crippen molar-refractivity contribution in [2.75, 3.05) is 5.32 Å². The highest BCUT2D eigenvalue weighted by atomic mass is 79.9. The van der Waals surface area contributed by atoms with Crippen LogP contribution in [0.3, 0.4) is 0 Å². The first kappa shape index (κ1) is 12.4. The first-order chi connectivity index (χ1) is 8.22. The minimum atomic E-state index is 0.535. The summed E-state index contributed by atoms with van der Waals surface area (Å²) in [5.74, 6) is 0.855. The molecule has 2 unspecified atom stereocenters. The molecule has 1 fully saturated rings. The molecule has 1 aliphatic carbocycles. The van der Waals surface area contributed by atoms with E-state index in [2.05, 4.69) is 34.2 Å². The maximum Gasteiger partial charge on any atom is 0.101 e. The highest BCUT2D eigenvalue weighted by Gasteiger charge is 2.23. The van der Waals surface area contributed by atoms with E-state index in [0.29, 0.717) is 6.04 Å². The minimum Gasteiger partial charge on any atom is -0.381 e. The Labute approximate surface area is 111 Å². The van der Waals surface area contributed by atoms with Gasteiger partial charge in [-0.15, -0.1) is 0 Å². The van der Waals surface area contributed by atoms with Crippen LogP contribution in [0, 0.1) is 17.2 Å². The summed E-state index contributed by atoms with van der Waals surface area (Å²) in [6.45, 7) is 2.26. The summed E-state index contributed by atoms with van der Waals surface area (Å²) in [4.78, 5) is 0. The molecule has 1 N–H and O–H groups in total. The molecule has 0 amide bonds. The van der Waals surface area contributed by atoms with Crippen molar-refractivity contribution >= 4 is 21.6 Å². The number of nitrogens with one attached hydrogen (secondary N) is 1. The Bertz CT molecular complexity index is 436. The van der Waals surface area contributed by atoms with Crippen LogP contribution in [0.4, 0.5) is 5.69 Å². The molecule has 1 saturated carbocycles. The summed E-state index contributed by atoms with van der Waals surface area (Å²) in [6, 6.07) is 8.62. The van der Waals surface area contributed by atoms with Crippen molar-refractivity contribution in [3.05, 3.63) is 28.2 Å². The van der Waals surface area contributed by atoms with Gasteiger partial charge in [0.2, 0.25) is 0 Å². The summed E-state index contributed by atoms with van der Waals surface area (Å²) < 4.78 is 0.956. The molecule has 0 radical (unpaired) electrons. The first-order valence-electron chi connectivity index (χ1n) is 6.19. The summed E-state index contributed by atoms with van der Waals surface area (Å²) >= 11 is 3.39. The van der Waals surface area contributed by atoms with Crippen molar-refractivity contribution in [2.24, 2.45) is 5.92 Å². The van der Waals surface area contributed by atoms with E-state index < -0.39 is 0 Å². The van der Waals surface area contributed by atoms with E-state index in [1.807, 2.05) is 18.2 Å². The van der Waals surface area contributed by atoms with E-state index >= 15 is 0 Å². The van der Waals surface area contributed by atoms with Gasteiger partial charge in [-0.1, -0.05) is 29.3 Å². The Balaban J connectivity index is 2.07. The topological polar surface area (TPSA) is 35.8 Å². The lowest BCUT2D eigenvalue weighted by molar-refractivity contribution is 0.525. The second-order valence-electron chi connectivity index (χ2n) is 4.73. The lowest BCUT2D eigenvalue weighted by Gasteiger charge is -2.15. The van der Waals surface area contributed by atoms with Crippen LogP contribution in [-0.2, 0) is 0 Å². The van der Waals surface area contributed by atoms with E-state index in [1.165, 1.54) is 25.7 Å². The second-order valence-corrected chi connectivity index (χ2v) is 5.65. The molecular formula is C14H17BrN2. The van der Waals surface area contributed by atoms with E-state index in [-0.39, 0.29) is 0 Å². The van der Waals surface area contributed by atoms with Crippen molar-refractivity contribution in [1.29, 1.82) is 5.26 Å². The molecule has 1 aromatic rings. The Kier molecular flexibility index (Phi) is 4.06. The van der Waals surface area contributed by atoms with Crippen LogP contribution in [0.2, 0.25) is 0 Å². The fourth-order valence-electron chi connectivity index (χ4n) is 2.53. The standard InChI is InChI=1S/C14H17BrN2/c1-2-10-3-5-13(7-10)17-14-6-4-12(15)8-11(14)9-16/h4,6,8,10,13,17H,2-3,5,7H2,1H3. The van der Waals surface area contributed by atoms with Gasteiger partial charge in [0.15, 0.2) is 0 Å². The molecule has 0 bridgehead atoms. The second kappa shape index (κ2) is 5.55. The molecule has 90 valence electrons. The van der Waals surface area contributed by atoms with E-state index in [4.69, 9.17) is 5.26 Å². The van der Waals surface area contributed by atoms with Crippen LogP contribution in [0.1, 0.15) is 38.2 Å². The number of nitrogens with zero attached hydrogens (tertiary/aromatic N) is 1. The van der Waals surface area contributed by atoms with Crippen molar-refractivity contribution in [2.45, 2.75) is 38.6 Å². The predicted molar refractivity (Wildman–Crippen MR) is 73.9 cm³/mol.